The molecule has 0 aliphatic heterocycles. The first-order chi connectivity index (χ1) is 13.8. The van der Waals surface area contributed by atoms with Crippen LogP contribution < -0.4 is 16.0 Å². The van der Waals surface area contributed by atoms with E-state index in [0.717, 1.165) is 0 Å². The number of amides is 2. The second-order valence-corrected chi connectivity index (χ2v) is 7.91. The summed E-state index contributed by atoms with van der Waals surface area (Å²) in [6.45, 7) is 11.3. The molecule has 0 spiro atoms. The van der Waals surface area contributed by atoms with Gasteiger partial charge in [-0.3, -0.25) is 9.59 Å². The number of anilines is 1. The van der Waals surface area contributed by atoms with Crippen molar-refractivity contribution in [1.29, 1.82) is 0 Å². The second kappa shape index (κ2) is 10.8. The fourth-order valence-electron chi connectivity index (χ4n) is 3.24. The monoisotopic (exact) mass is 395 g/mol. The van der Waals surface area contributed by atoms with Crippen LogP contribution in [-0.4, -0.2) is 24.9 Å². The zero-order chi connectivity index (χ0) is 21.4. The van der Waals surface area contributed by atoms with Crippen molar-refractivity contribution in [3.63, 3.8) is 0 Å². The van der Waals surface area contributed by atoms with Gasteiger partial charge in [-0.05, 0) is 48.1 Å². The second-order valence-electron chi connectivity index (χ2n) is 7.91. The first-order valence-electron chi connectivity index (χ1n) is 10.3. The lowest BCUT2D eigenvalue weighted by molar-refractivity contribution is -0.115. The Morgan fingerprint density at radius 1 is 0.931 bits per heavy atom. The third-order valence-corrected chi connectivity index (χ3v) is 4.86. The van der Waals surface area contributed by atoms with Gasteiger partial charge in [0.15, 0.2) is 0 Å². The lowest BCUT2D eigenvalue weighted by atomic mass is 9.93. The van der Waals surface area contributed by atoms with Crippen LogP contribution in [0.4, 0.5) is 5.69 Å². The summed E-state index contributed by atoms with van der Waals surface area (Å²) < 4.78 is 0. The minimum absolute atomic E-state index is 0.0867. The van der Waals surface area contributed by atoms with Crippen molar-refractivity contribution >= 4 is 17.5 Å². The van der Waals surface area contributed by atoms with Crippen LogP contribution in [0, 0.1) is 5.92 Å². The van der Waals surface area contributed by atoms with Crippen LogP contribution >= 0.6 is 0 Å². The van der Waals surface area contributed by atoms with E-state index in [1.165, 1.54) is 11.1 Å². The third kappa shape index (κ3) is 6.71. The number of hydrogen-bond donors (Lipinski definition) is 3. The summed E-state index contributed by atoms with van der Waals surface area (Å²) in [7, 11) is 0. The van der Waals surface area contributed by atoms with E-state index in [-0.39, 0.29) is 24.4 Å². The fourth-order valence-corrected chi connectivity index (χ4v) is 3.24. The largest absolute Gasteiger partial charge is 0.352 e. The molecule has 0 fully saturated rings. The SMILES string of the molecule is CCNC(=O)c1cccc(NC(=O)CN[C@@H](c2ccc(C(C)C)cc2)C(C)C)c1. The van der Waals surface area contributed by atoms with Crippen molar-refractivity contribution in [3.8, 4) is 0 Å². The quantitative estimate of drug-likeness (QED) is 0.586. The fraction of sp³-hybridized carbons (Fsp3) is 0.417. The predicted octanol–water partition coefficient (Wildman–Crippen LogP) is 4.49. The molecule has 0 aliphatic rings. The van der Waals surface area contributed by atoms with E-state index < -0.39 is 0 Å². The Bertz CT molecular complexity index is 813. The highest BCUT2D eigenvalue weighted by molar-refractivity contribution is 5.97. The van der Waals surface area contributed by atoms with Gasteiger partial charge in [-0.15, -0.1) is 0 Å². The van der Waals surface area contributed by atoms with Crippen molar-refractivity contribution < 1.29 is 9.59 Å². The summed E-state index contributed by atoms with van der Waals surface area (Å²) in [5.74, 6) is 0.554. The topological polar surface area (TPSA) is 70.2 Å². The average molecular weight is 396 g/mol. The van der Waals surface area contributed by atoms with E-state index in [1.807, 2.05) is 6.92 Å². The molecule has 5 nitrogen and oxygen atoms in total. The molecule has 2 aromatic carbocycles. The lowest BCUT2D eigenvalue weighted by Gasteiger charge is -2.23. The maximum atomic E-state index is 12.4. The van der Waals surface area contributed by atoms with Gasteiger partial charge in [0.1, 0.15) is 0 Å². The molecule has 1 atom stereocenters. The van der Waals surface area contributed by atoms with Crippen molar-refractivity contribution in [2.24, 2.45) is 5.92 Å². The van der Waals surface area contributed by atoms with Gasteiger partial charge in [-0.25, -0.2) is 0 Å². The Kier molecular flexibility index (Phi) is 8.40. The van der Waals surface area contributed by atoms with E-state index in [4.69, 9.17) is 0 Å². The summed E-state index contributed by atoms with van der Waals surface area (Å²) in [6.07, 6.45) is 0. The molecule has 5 heteroatoms. The molecule has 2 aromatic rings. The number of hydrogen-bond acceptors (Lipinski definition) is 3. The smallest absolute Gasteiger partial charge is 0.251 e. The molecule has 0 saturated heterocycles. The highest BCUT2D eigenvalue weighted by Gasteiger charge is 2.17. The van der Waals surface area contributed by atoms with Gasteiger partial charge in [-0.1, -0.05) is 58.0 Å². The summed E-state index contributed by atoms with van der Waals surface area (Å²) in [5, 5.41) is 9.00. The predicted molar refractivity (Wildman–Crippen MR) is 119 cm³/mol. The van der Waals surface area contributed by atoms with Gasteiger partial charge in [0.2, 0.25) is 5.91 Å². The molecule has 0 unspecified atom stereocenters. The maximum Gasteiger partial charge on any atom is 0.251 e. The first-order valence-corrected chi connectivity index (χ1v) is 10.3. The van der Waals surface area contributed by atoms with Crippen LogP contribution in [0.15, 0.2) is 48.5 Å². The Morgan fingerprint density at radius 3 is 2.17 bits per heavy atom. The summed E-state index contributed by atoms with van der Waals surface area (Å²) in [5.41, 5.74) is 3.63. The van der Waals surface area contributed by atoms with Crippen molar-refractivity contribution in [2.75, 3.05) is 18.4 Å². The Labute approximate surface area is 174 Å². The first kappa shape index (κ1) is 22.6. The van der Waals surface area contributed by atoms with Gasteiger partial charge in [0.25, 0.3) is 5.91 Å². The molecular formula is C24H33N3O2. The van der Waals surface area contributed by atoms with Gasteiger partial charge < -0.3 is 16.0 Å². The Balaban J connectivity index is 1.99. The van der Waals surface area contributed by atoms with E-state index in [0.29, 0.717) is 29.6 Å². The third-order valence-electron chi connectivity index (χ3n) is 4.86. The molecule has 0 bridgehead atoms. The van der Waals surface area contributed by atoms with Crippen molar-refractivity contribution in [1.82, 2.24) is 10.6 Å². The molecule has 0 aromatic heterocycles. The van der Waals surface area contributed by atoms with Crippen LogP contribution in [0.5, 0.6) is 0 Å². The van der Waals surface area contributed by atoms with Crippen LogP contribution in [0.1, 0.15) is 68.1 Å². The van der Waals surface area contributed by atoms with E-state index in [1.54, 1.807) is 24.3 Å². The highest BCUT2D eigenvalue weighted by Crippen LogP contribution is 2.24. The lowest BCUT2D eigenvalue weighted by Crippen LogP contribution is -2.33. The maximum absolute atomic E-state index is 12.4. The van der Waals surface area contributed by atoms with E-state index in [2.05, 4.69) is 67.9 Å². The molecule has 0 heterocycles. The van der Waals surface area contributed by atoms with E-state index in [9.17, 15) is 9.59 Å². The molecule has 29 heavy (non-hydrogen) atoms. The van der Waals surface area contributed by atoms with Crippen molar-refractivity contribution in [2.45, 2.75) is 46.6 Å². The number of carbonyl (C=O) groups is 2. The molecular weight excluding hydrogens is 362 g/mol. The van der Waals surface area contributed by atoms with Crippen LogP contribution in [-0.2, 0) is 4.79 Å². The zero-order valence-corrected chi connectivity index (χ0v) is 18.1. The number of rotatable bonds is 9. The Morgan fingerprint density at radius 2 is 1.59 bits per heavy atom. The normalized spacial score (nSPS) is 12.1. The van der Waals surface area contributed by atoms with E-state index >= 15 is 0 Å². The van der Waals surface area contributed by atoms with Gasteiger partial charge >= 0.3 is 0 Å². The molecule has 0 radical (unpaired) electrons. The molecule has 156 valence electrons. The van der Waals surface area contributed by atoms with Gasteiger partial charge in [-0.2, -0.15) is 0 Å². The number of nitrogens with one attached hydrogen (secondary N) is 3. The van der Waals surface area contributed by atoms with Gasteiger partial charge in [0, 0.05) is 23.8 Å². The number of carbonyl (C=O) groups excluding carboxylic acids is 2. The zero-order valence-electron chi connectivity index (χ0n) is 18.1. The molecule has 0 aliphatic carbocycles. The summed E-state index contributed by atoms with van der Waals surface area (Å²) >= 11 is 0. The summed E-state index contributed by atoms with van der Waals surface area (Å²) in [6, 6.07) is 15.6. The Hall–Kier alpha value is -2.66. The highest BCUT2D eigenvalue weighted by atomic mass is 16.2. The summed E-state index contributed by atoms with van der Waals surface area (Å²) in [4.78, 5) is 24.4. The minimum atomic E-state index is -0.147. The van der Waals surface area contributed by atoms with Crippen molar-refractivity contribution in [3.05, 3.63) is 65.2 Å². The van der Waals surface area contributed by atoms with Crippen LogP contribution in [0.25, 0.3) is 0 Å². The molecule has 3 N–H and O–H groups in total. The molecule has 0 saturated carbocycles. The molecule has 2 rings (SSSR count). The minimum Gasteiger partial charge on any atom is -0.352 e. The molecule has 2 amide bonds. The number of benzene rings is 2. The van der Waals surface area contributed by atoms with Gasteiger partial charge in [0.05, 0.1) is 6.54 Å². The van der Waals surface area contributed by atoms with Crippen LogP contribution in [0.2, 0.25) is 0 Å². The standard InChI is InChI=1S/C24H33N3O2/c1-6-25-24(29)20-8-7-9-21(14-20)27-22(28)15-26-23(17(4)5)19-12-10-18(11-13-19)16(2)3/h7-14,16-17,23,26H,6,15H2,1-5H3,(H,25,29)(H,27,28)/t23-/m1/s1. The average Bonchev–Trinajstić information content (AvgIpc) is 2.68. The van der Waals surface area contributed by atoms with Crippen LogP contribution in [0.3, 0.4) is 0 Å².